The number of aromatic hydroxyl groups is 1. The monoisotopic (exact) mass is 322 g/mol. The highest BCUT2D eigenvalue weighted by molar-refractivity contribution is 7.19. The molecule has 1 aromatic heterocycles. The fourth-order valence-corrected chi connectivity index (χ4v) is 3.12. The molecule has 0 aliphatic heterocycles. The normalized spacial score (nSPS) is 11.4. The molecule has 23 heavy (non-hydrogen) atoms. The molecule has 0 bridgehead atoms. The number of rotatable bonds is 4. The van der Waals surface area contributed by atoms with Gasteiger partial charge in [0.1, 0.15) is 11.1 Å². The first-order chi connectivity index (χ1) is 11.2. The lowest BCUT2D eigenvalue weighted by atomic mass is 10.1. The number of aromatic nitrogens is 1. The topological polar surface area (TPSA) is 66.1 Å². The number of nitriles is 1. The number of nitrogens with zero attached hydrogens (tertiary/aromatic N) is 2. The highest BCUT2D eigenvalue weighted by atomic mass is 32.1. The van der Waals surface area contributed by atoms with Crippen LogP contribution in [0.4, 0.5) is 0 Å². The molecule has 1 N–H and O–H groups in total. The second-order valence-corrected chi connectivity index (χ2v) is 5.85. The Balaban J connectivity index is 2.02. The van der Waals surface area contributed by atoms with E-state index >= 15 is 0 Å². The van der Waals surface area contributed by atoms with Gasteiger partial charge in [0.25, 0.3) is 0 Å². The number of hydrogen-bond acceptors (Lipinski definition) is 5. The zero-order chi connectivity index (χ0) is 16.2. The molecule has 4 nitrogen and oxygen atoms in total. The molecule has 0 fully saturated rings. The van der Waals surface area contributed by atoms with Crippen molar-refractivity contribution in [3.05, 3.63) is 53.0 Å². The van der Waals surface area contributed by atoms with E-state index in [1.54, 1.807) is 24.3 Å². The average molecular weight is 322 g/mol. The number of benzene rings is 2. The summed E-state index contributed by atoms with van der Waals surface area (Å²) in [5.74, 6) is 0.491. The van der Waals surface area contributed by atoms with Gasteiger partial charge in [-0.2, -0.15) is 5.26 Å². The maximum absolute atomic E-state index is 9.75. The van der Waals surface area contributed by atoms with Crippen molar-refractivity contribution in [3.8, 4) is 17.6 Å². The maximum atomic E-state index is 9.75. The van der Waals surface area contributed by atoms with E-state index in [1.807, 2.05) is 31.2 Å². The lowest BCUT2D eigenvalue weighted by molar-refractivity contribution is 0.318. The van der Waals surface area contributed by atoms with Gasteiger partial charge >= 0.3 is 0 Å². The highest BCUT2D eigenvalue weighted by Crippen LogP contribution is 2.31. The van der Waals surface area contributed by atoms with E-state index in [9.17, 15) is 10.4 Å². The van der Waals surface area contributed by atoms with Gasteiger partial charge < -0.3 is 9.84 Å². The molecule has 0 aliphatic carbocycles. The molecule has 0 saturated carbocycles. The summed E-state index contributed by atoms with van der Waals surface area (Å²) >= 11 is 1.48. The Hall–Kier alpha value is -2.84. The van der Waals surface area contributed by atoms with Gasteiger partial charge in [-0.25, -0.2) is 4.98 Å². The largest absolute Gasteiger partial charge is 0.504 e. The minimum atomic E-state index is 0.0856. The molecule has 3 rings (SSSR count). The van der Waals surface area contributed by atoms with Gasteiger partial charge in [-0.15, -0.1) is 11.3 Å². The molecule has 0 radical (unpaired) electrons. The van der Waals surface area contributed by atoms with Crippen molar-refractivity contribution >= 4 is 33.2 Å². The fourth-order valence-electron chi connectivity index (χ4n) is 2.19. The smallest absolute Gasteiger partial charge is 0.161 e. The molecule has 0 amide bonds. The Bertz CT molecular complexity index is 889. The van der Waals surface area contributed by atoms with Crippen LogP contribution in [0.1, 0.15) is 17.5 Å². The Kier molecular flexibility index (Phi) is 4.26. The molecule has 1 heterocycles. The van der Waals surface area contributed by atoms with Gasteiger partial charge in [0.05, 0.1) is 22.4 Å². The van der Waals surface area contributed by atoms with Crippen LogP contribution in [0.15, 0.2) is 42.5 Å². The van der Waals surface area contributed by atoms with Crippen molar-refractivity contribution < 1.29 is 9.84 Å². The van der Waals surface area contributed by atoms with Gasteiger partial charge in [0.15, 0.2) is 11.5 Å². The van der Waals surface area contributed by atoms with Gasteiger partial charge in [0.2, 0.25) is 0 Å². The number of thiazole rings is 1. The first-order valence-electron chi connectivity index (χ1n) is 7.15. The number of allylic oxidation sites excluding steroid dienone is 1. The van der Waals surface area contributed by atoms with Gasteiger partial charge in [-0.1, -0.05) is 18.2 Å². The molecule has 0 aliphatic rings. The third-order valence-electron chi connectivity index (χ3n) is 3.24. The number of para-hydroxylation sites is 1. The zero-order valence-electron chi connectivity index (χ0n) is 12.5. The molecule has 0 atom stereocenters. The van der Waals surface area contributed by atoms with Crippen molar-refractivity contribution in [2.24, 2.45) is 0 Å². The van der Waals surface area contributed by atoms with Crippen LogP contribution in [0.25, 0.3) is 21.9 Å². The van der Waals surface area contributed by atoms with E-state index in [1.165, 1.54) is 11.3 Å². The molecule has 3 aromatic rings. The number of fused-ring (bicyclic) bond motifs is 1. The minimum absolute atomic E-state index is 0.0856. The number of hydrogen-bond donors (Lipinski definition) is 1. The summed E-state index contributed by atoms with van der Waals surface area (Å²) in [6, 6.07) is 15.0. The SMILES string of the molecule is CCOc1cc(/C=C(\C#N)c2nc3ccccc3s2)ccc1O. The first kappa shape index (κ1) is 15.1. The van der Waals surface area contributed by atoms with Crippen LogP contribution in [-0.4, -0.2) is 16.7 Å². The van der Waals surface area contributed by atoms with E-state index in [-0.39, 0.29) is 5.75 Å². The Labute approximate surface area is 137 Å². The number of phenolic OH excluding ortho intramolecular Hbond substituents is 1. The number of phenols is 1. The molecule has 2 aromatic carbocycles. The van der Waals surface area contributed by atoms with E-state index in [2.05, 4.69) is 11.1 Å². The van der Waals surface area contributed by atoms with Crippen LogP contribution in [0.5, 0.6) is 11.5 Å². The summed E-state index contributed by atoms with van der Waals surface area (Å²) in [4.78, 5) is 4.50. The van der Waals surface area contributed by atoms with E-state index in [0.717, 1.165) is 15.8 Å². The average Bonchev–Trinajstić information content (AvgIpc) is 2.99. The van der Waals surface area contributed by atoms with Crippen molar-refractivity contribution in [1.82, 2.24) is 4.98 Å². The standard InChI is InChI=1S/C18H14N2O2S/c1-2-22-16-10-12(7-8-15(16)21)9-13(11-19)18-20-14-5-3-4-6-17(14)23-18/h3-10,21H,2H2,1H3/b13-9+. The molecule has 0 saturated heterocycles. The Morgan fingerprint density at radius 2 is 2.17 bits per heavy atom. The van der Waals surface area contributed by atoms with E-state index < -0.39 is 0 Å². The molecular formula is C18H14N2O2S. The van der Waals surface area contributed by atoms with Crippen LogP contribution < -0.4 is 4.74 Å². The Morgan fingerprint density at radius 1 is 1.35 bits per heavy atom. The summed E-state index contributed by atoms with van der Waals surface area (Å²) in [6.07, 6.45) is 1.75. The van der Waals surface area contributed by atoms with Gasteiger partial charge in [0, 0.05) is 0 Å². The predicted octanol–water partition coefficient (Wildman–Crippen LogP) is 4.46. The second kappa shape index (κ2) is 6.51. The summed E-state index contributed by atoms with van der Waals surface area (Å²) in [5, 5.41) is 19.9. The Morgan fingerprint density at radius 3 is 2.91 bits per heavy atom. The molecule has 5 heteroatoms. The van der Waals surface area contributed by atoms with Crippen LogP contribution in [0, 0.1) is 11.3 Å². The molecule has 0 unspecified atom stereocenters. The summed E-state index contributed by atoms with van der Waals surface area (Å²) in [6.45, 7) is 2.31. The van der Waals surface area contributed by atoms with Crippen molar-refractivity contribution in [2.75, 3.05) is 6.61 Å². The van der Waals surface area contributed by atoms with Crippen LogP contribution in [-0.2, 0) is 0 Å². The van der Waals surface area contributed by atoms with Crippen molar-refractivity contribution in [3.63, 3.8) is 0 Å². The lowest BCUT2D eigenvalue weighted by Gasteiger charge is -2.06. The van der Waals surface area contributed by atoms with E-state index in [4.69, 9.17) is 4.74 Å². The lowest BCUT2D eigenvalue weighted by Crippen LogP contribution is -1.92. The zero-order valence-corrected chi connectivity index (χ0v) is 13.3. The first-order valence-corrected chi connectivity index (χ1v) is 7.96. The maximum Gasteiger partial charge on any atom is 0.161 e. The predicted molar refractivity (Wildman–Crippen MR) is 92.4 cm³/mol. The van der Waals surface area contributed by atoms with Gasteiger partial charge in [-0.05, 0) is 42.8 Å². The van der Waals surface area contributed by atoms with Crippen LogP contribution in [0.3, 0.4) is 0 Å². The van der Waals surface area contributed by atoms with Crippen molar-refractivity contribution in [2.45, 2.75) is 6.92 Å². The highest BCUT2D eigenvalue weighted by Gasteiger charge is 2.09. The second-order valence-electron chi connectivity index (χ2n) is 4.82. The quantitative estimate of drug-likeness (QED) is 0.720. The summed E-state index contributed by atoms with van der Waals surface area (Å²) in [5.41, 5.74) is 2.15. The van der Waals surface area contributed by atoms with Crippen molar-refractivity contribution in [1.29, 1.82) is 5.26 Å². The molecule has 114 valence electrons. The molecule has 0 spiro atoms. The van der Waals surface area contributed by atoms with E-state index in [0.29, 0.717) is 22.9 Å². The summed E-state index contributed by atoms with van der Waals surface area (Å²) in [7, 11) is 0. The molecular weight excluding hydrogens is 308 g/mol. The third-order valence-corrected chi connectivity index (χ3v) is 4.31. The fraction of sp³-hybridized carbons (Fsp3) is 0.111. The third kappa shape index (κ3) is 3.17. The minimum Gasteiger partial charge on any atom is -0.504 e. The van der Waals surface area contributed by atoms with Gasteiger partial charge in [-0.3, -0.25) is 0 Å². The summed E-state index contributed by atoms with van der Waals surface area (Å²) < 4.78 is 6.42. The van der Waals surface area contributed by atoms with Crippen LogP contribution in [0.2, 0.25) is 0 Å². The van der Waals surface area contributed by atoms with Crippen LogP contribution >= 0.6 is 11.3 Å². The number of ether oxygens (including phenoxy) is 1.